The Morgan fingerprint density at radius 1 is 1.05 bits per heavy atom. The molecule has 1 N–H and O–H groups in total. The molecule has 1 fully saturated rings. The third kappa shape index (κ3) is 2.53. The fourth-order valence-electron chi connectivity index (χ4n) is 2.36. The second-order valence-corrected chi connectivity index (χ2v) is 4.52. The summed E-state index contributed by atoms with van der Waals surface area (Å²) in [5.41, 5.74) is -0.673. The Hall–Kier alpha value is -1.17. The Bertz CT molecular complexity index is 526. The minimum Gasteiger partial charge on any atom is -0.276 e. The van der Waals surface area contributed by atoms with Crippen molar-refractivity contribution in [1.29, 1.82) is 0 Å². The van der Waals surface area contributed by atoms with Crippen LogP contribution in [0.25, 0.3) is 0 Å². The molecule has 6 heteroatoms. The summed E-state index contributed by atoms with van der Waals surface area (Å²) in [4.78, 5) is 37.5. The van der Waals surface area contributed by atoms with E-state index in [2.05, 4.69) is 5.32 Å². The average Bonchev–Trinajstić information content (AvgIpc) is 2.41. The zero-order chi connectivity index (χ0) is 14.0. The van der Waals surface area contributed by atoms with Gasteiger partial charge in [0.2, 0.25) is 5.91 Å². The SMILES string of the molecule is CCC1(CC)C(=O)NC(=O)N(c2ccccc2)C1=O.[Na]. The van der Waals surface area contributed by atoms with Crippen molar-refractivity contribution in [3.63, 3.8) is 0 Å². The van der Waals surface area contributed by atoms with Crippen LogP contribution in [0.2, 0.25) is 0 Å². The Balaban J connectivity index is 0.00000200. The van der Waals surface area contributed by atoms with Crippen LogP contribution in [0.15, 0.2) is 30.3 Å². The molecule has 0 aliphatic carbocycles. The van der Waals surface area contributed by atoms with E-state index in [1.54, 1.807) is 44.2 Å². The molecule has 0 spiro atoms. The topological polar surface area (TPSA) is 66.5 Å². The van der Waals surface area contributed by atoms with Gasteiger partial charge in [0.1, 0.15) is 5.41 Å². The number of barbiturate groups is 1. The van der Waals surface area contributed by atoms with E-state index in [1.165, 1.54) is 0 Å². The second kappa shape index (κ2) is 6.52. The zero-order valence-corrected chi connectivity index (χ0v) is 14.0. The molecule has 1 heterocycles. The summed E-state index contributed by atoms with van der Waals surface area (Å²) >= 11 is 0. The summed E-state index contributed by atoms with van der Waals surface area (Å²) < 4.78 is 0. The van der Waals surface area contributed by atoms with Crippen molar-refractivity contribution >= 4 is 53.1 Å². The maximum Gasteiger partial charge on any atom is 0.335 e. The van der Waals surface area contributed by atoms with Crippen LogP contribution in [-0.2, 0) is 9.59 Å². The number of amides is 4. The Morgan fingerprint density at radius 3 is 2.10 bits per heavy atom. The smallest absolute Gasteiger partial charge is 0.276 e. The van der Waals surface area contributed by atoms with Crippen molar-refractivity contribution in [1.82, 2.24) is 5.32 Å². The molecule has 0 saturated carbocycles. The van der Waals surface area contributed by atoms with Gasteiger partial charge in [0.25, 0.3) is 5.91 Å². The molecule has 0 unspecified atom stereocenters. The first-order chi connectivity index (χ1) is 9.06. The number of para-hydroxylation sites is 1. The largest absolute Gasteiger partial charge is 0.335 e. The third-order valence-corrected chi connectivity index (χ3v) is 3.69. The number of rotatable bonds is 3. The molecule has 20 heavy (non-hydrogen) atoms. The van der Waals surface area contributed by atoms with Gasteiger partial charge in [-0.1, -0.05) is 32.0 Å². The second-order valence-electron chi connectivity index (χ2n) is 4.52. The number of benzene rings is 1. The number of carbonyl (C=O) groups excluding carboxylic acids is 3. The van der Waals surface area contributed by atoms with Gasteiger partial charge >= 0.3 is 6.03 Å². The monoisotopic (exact) mass is 283 g/mol. The van der Waals surface area contributed by atoms with Gasteiger partial charge in [0, 0.05) is 29.6 Å². The van der Waals surface area contributed by atoms with Crippen molar-refractivity contribution in [3.8, 4) is 0 Å². The number of anilines is 1. The Morgan fingerprint density at radius 2 is 1.60 bits per heavy atom. The normalized spacial score (nSPS) is 17.5. The molecule has 0 bridgehead atoms. The molecule has 5 nitrogen and oxygen atoms in total. The predicted molar refractivity (Wildman–Crippen MR) is 76.2 cm³/mol. The number of urea groups is 1. The van der Waals surface area contributed by atoms with Crippen molar-refractivity contribution in [2.45, 2.75) is 26.7 Å². The van der Waals surface area contributed by atoms with Crippen LogP contribution < -0.4 is 10.2 Å². The molecular weight excluding hydrogens is 267 g/mol. The van der Waals surface area contributed by atoms with E-state index in [0.717, 1.165) is 4.90 Å². The summed E-state index contributed by atoms with van der Waals surface area (Å²) in [7, 11) is 0. The zero-order valence-electron chi connectivity index (χ0n) is 12.0. The fourth-order valence-corrected chi connectivity index (χ4v) is 2.36. The van der Waals surface area contributed by atoms with Gasteiger partial charge in [0.05, 0.1) is 5.69 Å². The van der Waals surface area contributed by atoms with Crippen molar-refractivity contribution in [2.24, 2.45) is 5.41 Å². The van der Waals surface area contributed by atoms with Gasteiger partial charge in [-0.25, -0.2) is 9.69 Å². The number of imide groups is 2. The molecule has 0 aromatic heterocycles. The van der Waals surface area contributed by atoms with Crippen LogP contribution in [0.3, 0.4) is 0 Å². The predicted octanol–water partition coefficient (Wildman–Crippen LogP) is 1.69. The summed E-state index contributed by atoms with van der Waals surface area (Å²) in [6.45, 7) is 3.56. The number of hydrogen-bond donors (Lipinski definition) is 1. The summed E-state index contributed by atoms with van der Waals surface area (Å²) in [6.07, 6.45) is 0.732. The summed E-state index contributed by atoms with van der Waals surface area (Å²) in [6, 6.07) is 7.94. The summed E-state index contributed by atoms with van der Waals surface area (Å²) in [5.74, 6) is -0.947. The molecule has 4 amide bonds. The van der Waals surface area contributed by atoms with Crippen LogP contribution >= 0.6 is 0 Å². The molecule has 1 aliphatic rings. The van der Waals surface area contributed by atoms with Crippen LogP contribution in [0.5, 0.6) is 0 Å². The molecule has 1 aromatic carbocycles. The number of nitrogens with one attached hydrogen (secondary N) is 1. The number of carbonyl (C=O) groups is 3. The van der Waals surface area contributed by atoms with Crippen molar-refractivity contribution in [2.75, 3.05) is 4.90 Å². The number of nitrogens with zero attached hydrogens (tertiary/aromatic N) is 1. The molecular formula is C14H16N2NaO3. The first kappa shape index (κ1) is 16.9. The third-order valence-electron chi connectivity index (χ3n) is 3.69. The van der Waals surface area contributed by atoms with Gasteiger partial charge in [-0.2, -0.15) is 0 Å². The maximum absolute atomic E-state index is 12.6. The molecule has 1 aliphatic heterocycles. The molecule has 0 atom stereocenters. The van der Waals surface area contributed by atoms with Crippen LogP contribution in [0.4, 0.5) is 10.5 Å². The minimum absolute atomic E-state index is 0. The summed E-state index contributed by atoms with van der Waals surface area (Å²) in [5, 5.41) is 2.28. The van der Waals surface area contributed by atoms with Crippen molar-refractivity contribution in [3.05, 3.63) is 30.3 Å². The standard InChI is InChI=1S/C14H16N2O3.Na/c1-3-14(4-2)11(17)15-13(19)16(12(14)18)10-8-6-5-7-9-10;/h5-9H,3-4H2,1-2H3,(H,15,17,19);. The molecule has 1 aromatic rings. The van der Waals surface area contributed by atoms with Crippen molar-refractivity contribution < 1.29 is 14.4 Å². The quantitative estimate of drug-likeness (QED) is 0.678. The van der Waals surface area contributed by atoms with E-state index >= 15 is 0 Å². The van der Waals surface area contributed by atoms with Crippen LogP contribution in [-0.4, -0.2) is 47.4 Å². The fraction of sp³-hybridized carbons (Fsp3) is 0.357. The van der Waals surface area contributed by atoms with E-state index in [4.69, 9.17) is 0 Å². The van der Waals surface area contributed by atoms with Gasteiger partial charge in [0.15, 0.2) is 0 Å². The maximum atomic E-state index is 12.6. The van der Waals surface area contributed by atoms with Gasteiger partial charge in [-0.05, 0) is 25.0 Å². The van der Waals surface area contributed by atoms with E-state index < -0.39 is 23.3 Å². The van der Waals surface area contributed by atoms with E-state index in [9.17, 15) is 14.4 Å². The Kier molecular flexibility index (Phi) is 5.50. The van der Waals surface area contributed by atoms with E-state index in [1.807, 2.05) is 0 Å². The minimum atomic E-state index is -1.15. The van der Waals surface area contributed by atoms with Gasteiger partial charge < -0.3 is 0 Å². The number of hydrogen-bond acceptors (Lipinski definition) is 3. The van der Waals surface area contributed by atoms with E-state index in [0.29, 0.717) is 18.5 Å². The molecule has 1 radical (unpaired) electrons. The molecule has 2 rings (SSSR count). The molecule has 101 valence electrons. The van der Waals surface area contributed by atoms with E-state index in [-0.39, 0.29) is 29.6 Å². The van der Waals surface area contributed by atoms with Crippen LogP contribution in [0.1, 0.15) is 26.7 Å². The van der Waals surface area contributed by atoms with Crippen LogP contribution in [0, 0.1) is 5.41 Å². The first-order valence-corrected chi connectivity index (χ1v) is 6.32. The Labute approximate surface area is 140 Å². The van der Waals surface area contributed by atoms with Gasteiger partial charge in [-0.3, -0.25) is 14.9 Å². The molecule has 1 saturated heterocycles. The first-order valence-electron chi connectivity index (χ1n) is 6.32. The van der Waals surface area contributed by atoms with Gasteiger partial charge in [-0.15, -0.1) is 0 Å². The average molecular weight is 283 g/mol.